The first kappa shape index (κ1) is 15.5. The Balaban J connectivity index is 1.45. The van der Waals surface area contributed by atoms with Gasteiger partial charge in [0.2, 0.25) is 5.91 Å². The highest BCUT2D eigenvalue weighted by molar-refractivity contribution is 8.03. The second-order valence-electron chi connectivity index (χ2n) is 6.07. The van der Waals surface area contributed by atoms with Crippen LogP contribution in [0.25, 0.3) is 11.0 Å². The van der Waals surface area contributed by atoms with E-state index in [1.54, 1.807) is 11.8 Å². The number of H-pyrrole nitrogens is 1. The maximum atomic E-state index is 12.6. The zero-order valence-corrected chi connectivity index (χ0v) is 14.0. The lowest BCUT2D eigenvalue weighted by Gasteiger charge is -2.27. The Bertz CT molecular complexity index is 754. The van der Waals surface area contributed by atoms with E-state index in [9.17, 15) is 4.79 Å². The van der Waals surface area contributed by atoms with E-state index >= 15 is 0 Å². The summed E-state index contributed by atoms with van der Waals surface area (Å²) in [4.78, 5) is 24.2. The molecule has 2 aliphatic heterocycles. The van der Waals surface area contributed by atoms with Gasteiger partial charge >= 0.3 is 0 Å². The van der Waals surface area contributed by atoms with Crippen LogP contribution in [0.2, 0.25) is 0 Å². The fourth-order valence-corrected chi connectivity index (χ4v) is 4.10. The van der Waals surface area contributed by atoms with Crippen molar-refractivity contribution in [2.24, 2.45) is 0 Å². The summed E-state index contributed by atoms with van der Waals surface area (Å²) < 4.78 is 0. The lowest BCUT2D eigenvalue weighted by atomic mass is 10.1. The van der Waals surface area contributed by atoms with Crippen molar-refractivity contribution in [2.75, 3.05) is 18.4 Å². The number of thioether (sulfide) groups is 1. The van der Waals surface area contributed by atoms with E-state index in [-0.39, 0.29) is 23.2 Å². The topological polar surface area (TPSA) is 94.7 Å². The Morgan fingerprint density at radius 2 is 2.33 bits per heavy atom. The molecular weight excluding hydrogens is 324 g/mol. The zero-order valence-electron chi connectivity index (χ0n) is 13.2. The third-order valence-corrected chi connectivity index (χ3v) is 5.51. The Labute approximate surface area is 144 Å². The second kappa shape index (κ2) is 6.82. The summed E-state index contributed by atoms with van der Waals surface area (Å²) in [5.74, 6) is 0.825. The molecule has 24 heavy (non-hydrogen) atoms. The minimum absolute atomic E-state index is 0.0792. The van der Waals surface area contributed by atoms with Crippen LogP contribution in [-0.2, 0) is 4.79 Å². The molecule has 1 saturated heterocycles. The molecule has 4 N–H and O–H groups in total. The number of aromatic nitrogens is 3. The lowest BCUT2D eigenvalue weighted by molar-refractivity contribution is -0.121. The van der Waals surface area contributed by atoms with Crippen LogP contribution in [0.1, 0.15) is 12.8 Å². The number of aromatic amines is 1. The van der Waals surface area contributed by atoms with Crippen LogP contribution >= 0.6 is 11.8 Å². The van der Waals surface area contributed by atoms with Gasteiger partial charge in [-0.1, -0.05) is 6.08 Å². The number of rotatable bonds is 4. The molecule has 0 spiro atoms. The van der Waals surface area contributed by atoms with Crippen molar-refractivity contribution in [1.29, 1.82) is 0 Å². The van der Waals surface area contributed by atoms with E-state index < -0.39 is 0 Å². The first-order chi connectivity index (χ1) is 11.8. The number of carbonyl (C=O) groups excluding carboxylic acids is 1. The van der Waals surface area contributed by atoms with Crippen molar-refractivity contribution in [1.82, 2.24) is 25.6 Å². The van der Waals surface area contributed by atoms with Gasteiger partial charge in [0.1, 0.15) is 23.0 Å². The fourth-order valence-electron chi connectivity index (χ4n) is 3.15. The van der Waals surface area contributed by atoms with Crippen molar-refractivity contribution in [2.45, 2.75) is 30.2 Å². The Morgan fingerprint density at radius 1 is 1.38 bits per heavy atom. The number of hydrogen-bond acceptors (Lipinski definition) is 6. The van der Waals surface area contributed by atoms with Crippen LogP contribution in [-0.4, -0.2) is 51.3 Å². The average molecular weight is 344 g/mol. The minimum atomic E-state index is -0.184. The number of fused-ring (bicyclic) bond motifs is 1. The van der Waals surface area contributed by atoms with Gasteiger partial charge in [-0.15, -0.1) is 11.8 Å². The van der Waals surface area contributed by atoms with E-state index in [1.807, 2.05) is 23.7 Å². The average Bonchev–Trinajstić information content (AvgIpc) is 3.25. The van der Waals surface area contributed by atoms with Crippen LogP contribution in [0.3, 0.4) is 0 Å². The highest BCUT2D eigenvalue weighted by atomic mass is 32.2. The van der Waals surface area contributed by atoms with Gasteiger partial charge in [-0.2, -0.15) is 0 Å². The molecule has 2 aromatic rings. The molecule has 0 aromatic carbocycles. The van der Waals surface area contributed by atoms with Gasteiger partial charge in [0.25, 0.3) is 0 Å². The molecule has 1 amide bonds. The molecule has 0 radical (unpaired) electrons. The van der Waals surface area contributed by atoms with Crippen molar-refractivity contribution >= 4 is 34.5 Å². The largest absolute Gasteiger partial charge is 0.362 e. The first-order valence-electron chi connectivity index (χ1n) is 8.19. The molecule has 0 saturated carbocycles. The van der Waals surface area contributed by atoms with Crippen LogP contribution in [0.15, 0.2) is 30.1 Å². The summed E-state index contributed by atoms with van der Waals surface area (Å²) in [6, 6.07) is 2.08. The highest BCUT2D eigenvalue weighted by Crippen LogP contribution is 2.29. The molecule has 2 aromatic heterocycles. The van der Waals surface area contributed by atoms with Crippen LogP contribution in [0, 0.1) is 0 Å². The zero-order chi connectivity index (χ0) is 16.4. The van der Waals surface area contributed by atoms with Crippen molar-refractivity contribution in [3.63, 3.8) is 0 Å². The van der Waals surface area contributed by atoms with Crippen LogP contribution in [0.4, 0.5) is 5.82 Å². The molecule has 7 nitrogen and oxygen atoms in total. The molecule has 4 heterocycles. The molecule has 126 valence electrons. The molecule has 0 bridgehead atoms. The lowest BCUT2D eigenvalue weighted by Crippen LogP contribution is -2.50. The van der Waals surface area contributed by atoms with Gasteiger partial charge in [-0.3, -0.25) is 4.79 Å². The second-order valence-corrected chi connectivity index (χ2v) is 7.12. The third-order valence-electron chi connectivity index (χ3n) is 4.40. The maximum Gasteiger partial charge on any atom is 0.236 e. The van der Waals surface area contributed by atoms with Crippen LogP contribution < -0.4 is 16.0 Å². The molecule has 0 aliphatic carbocycles. The number of piperidine rings is 1. The molecular formula is C16H20N6OS. The molecule has 2 aliphatic rings. The van der Waals surface area contributed by atoms with E-state index in [0.29, 0.717) is 0 Å². The number of carbonyl (C=O) groups is 1. The quantitative estimate of drug-likeness (QED) is 0.667. The molecule has 3 atom stereocenters. The van der Waals surface area contributed by atoms with Gasteiger partial charge in [-0.25, -0.2) is 9.97 Å². The maximum absolute atomic E-state index is 12.6. The van der Waals surface area contributed by atoms with Gasteiger partial charge in [-0.05, 0) is 30.9 Å². The van der Waals surface area contributed by atoms with Crippen molar-refractivity contribution in [3.8, 4) is 0 Å². The smallest absolute Gasteiger partial charge is 0.236 e. The summed E-state index contributed by atoms with van der Waals surface area (Å²) in [6.45, 7) is 1.89. The van der Waals surface area contributed by atoms with Crippen molar-refractivity contribution < 1.29 is 4.79 Å². The number of anilines is 1. The fraction of sp³-hybridized carbons (Fsp3) is 0.438. The van der Waals surface area contributed by atoms with E-state index in [1.165, 1.54) is 6.33 Å². The Kier molecular flexibility index (Phi) is 4.40. The van der Waals surface area contributed by atoms with E-state index in [2.05, 4.69) is 30.9 Å². The Hall–Kier alpha value is -2.06. The molecule has 3 unspecified atom stereocenters. The molecule has 1 fully saturated rings. The standard InChI is InChI=1S/C16H20N6OS/c23-16(21-10-2-1-5-17-8-10)13-12(4-7-24-13)22-15-11-3-6-18-14(11)19-9-20-15/h3-4,6-7,9-10,12-13,17H,1-2,5,8H2,(H,21,23)(H2,18,19,20,22). The third kappa shape index (κ3) is 3.11. The number of nitrogens with one attached hydrogen (secondary N) is 4. The summed E-state index contributed by atoms with van der Waals surface area (Å²) in [6.07, 6.45) is 7.53. The predicted molar refractivity (Wildman–Crippen MR) is 95.9 cm³/mol. The number of nitrogens with zero attached hydrogens (tertiary/aromatic N) is 2. The van der Waals surface area contributed by atoms with Gasteiger partial charge in [0.15, 0.2) is 0 Å². The first-order valence-corrected chi connectivity index (χ1v) is 9.13. The van der Waals surface area contributed by atoms with Crippen LogP contribution in [0.5, 0.6) is 0 Å². The SMILES string of the molecule is O=C(NC1CCCNC1)C1SC=CC1Nc1ncnc2[nH]ccc12. The monoisotopic (exact) mass is 344 g/mol. The number of hydrogen-bond donors (Lipinski definition) is 4. The Morgan fingerprint density at radius 3 is 3.21 bits per heavy atom. The normalized spacial score (nSPS) is 26.6. The van der Waals surface area contributed by atoms with E-state index in [0.717, 1.165) is 42.8 Å². The summed E-state index contributed by atoms with van der Waals surface area (Å²) in [5, 5.41) is 12.6. The van der Waals surface area contributed by atoms with Gasteiger partial charge in [0.05, 0.1) is 11.4 Å². The minimum Gasteiger partial charge on any atom is -0.362 e. The summed E-state index contributed by atoms with van der Waals surface area (Å²) in [7, 11) is 0. The summed E-state index contributed by atoms with van der Waals surface area (Å²) >= 11 is 1.55. The molecule has 4 rings (SSSR count). The number of amides is 1. The van der Waals surface area contributed by atoms with E-state index in [4.69, 9.17) is 0 Å². The van der Waals surface area contributed by atoms with Crippen molar-refractivity contribution in [3.05, 3.63) is 30.1 Å². The molecule has 8 heteroatoms. The predicted octanol–water partition coefficient (Wildman–Crippen LogP) is 1.24. The van der Waals surface area contributed by atoms with Gasteiger partial charge < -0.3 is 20.9 Å². The highest BCUT2D eigenvalue weighted by Gasteiger charge is 2.32. The summed E-state index contributed by atoms with van der Waals surface area (Å²) in [5.41, 5.74) is 0.788. The van der Waals surface area contributed by atoms with Gasteiger partial charge in [0, 0.05) is 18.8 Å².